The molecular formula is C18H21N3O2. The fourth-order valence-corrected chi connectivity index (χ4v) is 2.86. The summed E-state index contributed by atoms with van der Waals surface area (Å²) in [7, 11) is 1.66. The van der Waals surface area contributed by atoms with Crippen LogP contribution < -0.4 is 10.9 Å². The number of hydrogen-bond donors (Lipinski definition) is 1. The van der Waals surface area contributed by atoms with Gasteiger partial charge in [-0.3, -0.25) is 14.5 Å². The molecule has 0 saturated heterocycles. The molecule has 1 aromatic carbocycles. The third kappa shape index (κ3) is 3.68. The van der Waals surface area contributed by atoms with Crippen LogP contribution in [0.4, 0.5) is 0 Å². The molecular weight excluding hydrogens is 290 g/mol. The zero-order valence-electron chi connectivity index (χ0n) is 13.3. The Kier molecular flexibility index (Phi) is 4.57. The number of benzene rings is 1. The van der Waals surface area contributed by atoms with Crippen LogP contribution >= 0.6 is 0 Å². The predicted molar refractivity (Wildman–Crippen MR) is 89.4 cm³/mol. The highest BCUT2D eigenvalue weighted by Gasteiger charge is 2.15. The molecule has 0 fully saturated rings. The van der Waals surface area contributed by atoms with Crippen LogP contribution in [0.3, 0.4) is 0 Å². The first kappa shape index (κ1) is 15.5. The molecule has 2 heterocycles. The van der Waals surface area contributed by atoms with Crippen LogP contribution in [0.15, 0.2) is 47.4 Å². The largest absolute Gasteiger partial charge is 0.351 e. The van der Waals surface area contributed by atoms with Gasteiger partial charge in [0.15, 0.2) is 0 Å². The molecule has 1 amide bonds. The van der Waals surface area contributed by atoms with Gasteiger partial charge in [0, 0.05) is 51.1 Å². The van der Waals surface area contributed by atoms with Gasteiger partial charge in [0.25, 0.3) is 11.5 Å². The van der Waals surface area contributed by atoms with Gasteiger partial charge in [-0.05, 0) is 23.6 Å². The van der Waals surface area contributed by atoms with Crippen molar-refractivity contribution in [1.29, 1.82) is 0 Å². The minimum absolute atomic E-state index is 0.176. The van der Waals surface area contributed by atoms with E-state index in [1.54, 1.807) is 19.3 Å². The maximum atomic E-state index is 12.1. The average molecular weight is 311 g/mol. The summed E-state index contributed by atoms with van der Waals surface area (Å²) in [5, 5.41) is 2.89. The number of amides is 1. The molecule has 1 N–H and O–H groups in total. The first-order valence-corrected chi connectivity index (χ1v) is 7.87. The van der Waals surface area contributed by atoms with Crippen molar-refractivity contribution in [2.24, 2.45) is 7.05 Å². The molecule has 1 aliphatic heterocycles. The number of aromatic nitrogens is 1. The SMILES string of the molecule is Cn1ccc(C(=O)NCCN2CCc3ccccc3C2)cc1=O. The van der Waals surface area contributed by atoms with Crippen LogP contribution in [0.25, 0.3) is 0 Å². The molecule has 0 atom stereocenters. The van der Waals surface area contributed by atoms with Crippen molar-refractivity contribution in [2.45, 2.75) is 13.0 Å². The number of hydrogen-bond acceptors (Lipinski definition) is 3. The van der Waals surface area contributed by atoms with Gasteiger partial charge in [-0.2, -0.15) is 0 Å². The summed E-state index contributed by atoms with van der Waals surface area (Å²) in [5.74, 6) is -0.194. The van der Waals surface area contributed by atoms with E-state index < -0.39 is 0 Å². The Bertz CT molecular complexity index is 767. The summed E-state index contributed by atoms with van der Waals surface area (Å²) >= 11 is 0. The van der Waals surface area contributed by atoms with Gasteiger partial charge in [0.05, 0.1) is 0 Å². The Morgan fingerprint density at radius 1 is 1.22 bits per heavy atom. The van der Waals surface area contributed by atoms with E-state index in [2.05, 4.69) is 34.5 Å². The lowest BCUT2D eigenvalue weighted by molar-refractivity contribution is 0.0947. The zero-order chi connectivity index (χ0) is 16.2. The van der Waals surface area contributed by atoms with E-state index in [4.69, 9.17) is 0 Å². The third-order valence-corrected chi connectivity index (χ3v) is 4.29. The van der Waals surface area contributed by atoms with Crippen LogP contribution in [-0.2, 0) is 20.0 Å². The number of fused-ring (bicyclic) bond motifs is 1. The molecule has 0 radical (unpaired) electrons. The molecule has 3 rings (SSSR count). The van der Waals surface area contributed by atoms with Crippen LogP contribution in [-0.4, -0.2) is 35.0 Å². The molecule has 0 bridgehead atoms. The molecule has 5 heteroatoms. The van der Waals surface area contributed by atoms with E-state index >= 15 is 0 Å². The molecule has 0 aliphatic carbocycles. The van der Waals surface area contributed by atoms with E-state index in [1.807, 2.05) is 0 Å². The minimum atomic E-state index is -0.194. The Labute approximate surface area is 135 Å². The highest BCUT2D eigenvalue weighted by atomic mass is 16.2. The lowest BCUT2D eigenvalue weighted by Crippen LogP contribution is -2.38. The molecule has 1 aromatic heterocycles. The molecule has 0 unspecified atom stereocenters. The molecule has 5 nitrogen and oxygen atoms in total. The highest BCUT2D eigenvalue weighted by molar-refractivity contribution is 5.93. The number of rotatable bonds is 4. The lowest BCUT2D eigenvalue weighted by atomic mass is 10.00. The van der Waals surface area contributed by atoms with Crippen molar-refractivity contribution < 1.29 is 4.79 Å². The predicted octanol–water partition coefficient (Wildman–Crippen LogP) is 1.17. The zero-order valence-corrected chi connectivity index (χ0v) is 13.3. The van der Waals surface area contributed by atoms with Crippen LogP contribution in [0.1, 0.15) is 21.5 Å². The summed E-state index contributed by atoms with van der Waals surface area (Å²) < 4.78 is 1.45. The van der Waals surface area contributed by atoms with Crippen molar-refractivity contribution in [3.63, 3.8) is 0 Å². The van der Waals surface area contributed by atoms with Crippen molar-refractivity contribution in [3.05, 3.63) is 69.6 Å². The van der Waals surface area contributed by atoms with Gasteiger partial charge in [0.1, 0.15) is 0 Å². The van der Waals surface area contributed by atoms with Crippen LogP contribution in [0, 0.1) is 0 Å². The second-order valence-electron chi connectivity index (χ2n) is 5.92. The van der Waals surface area contributed by atoms with Crippen molar-refractivity contribution in [1.82, 2.24) is 14.8 Å². The Balaban J connectivity index is 1.51. The van der Waals surface area contributed by atoms with Crippen molar-refractivity contribution >= 4 is 5.91 Å². The second kappa shape index (κ2) is 6.79. The normalized spacial score (nSPS) is 14.3. The second-order valence-corrected chi connectivity index (χ2v) is 5.92. The smallest absolute Gasteiger partial charge is 0.251 e. The number of carbonyl (C=O) groups is 1. The van der Waals surface area contributed by atoms with E-state index in [9.17, 15) is 9.59 Å². The first-order valence-electron chi connectivity index (χ1n) is 7.87. The molecule has 120 valence electrons. The molecule has 0 saturated carbocycles. The maximum absolute atomic E-state index is 12.1. The molecule has 23 heavy (non-hydrogen) atoms. The monoisotopic (exact) mass is 311 g/mol. The summed E-state index contributed by atoms with van der Waals surface area (Å²) in [5.41, 5.74) is 3.03. The lowest BCUT2D eigenvalue weighted by Gasteiger charge is -2.28. The van der Waals surface area contributed by atoms with E-state index in [0.29, 0.717) is 12.1 Å². The van der Waals surface area contributed by atoms with Crippen molar-refractivity contribution in [2.75, 3.05) is 19.6 Å². The fraction of sp³-hybridized carbons (Fsp3) is 0.333. The van der Waals surface area contributed by atoms with Crippen LogP contribution in [0.2, 0.25) is 0 Å². The number of aryl methyl sites for hydroxylation is 1. The molecule has 0 spiro atoms. The van der Waals surface area contributed by atoms with Crippen molar-refractivity contribution in [3.8, 4) is 0 Å². The van der Waals surface area contributed by atoms with Gasteiger partial charge in [-0.15, -0.1) is 0 Å². The Morgan fingerprint density at radius 3 is 2.78 bits per heavy atom. The number of nitrogens with zero attached hydrogens (tertiary/aromatic N) is 2. The number of nitrogens with one attached hydrogen (secondary N) is 1. The topological polar surface area (TPSA) is 54.3 Å². The highest BCUT2D eigenvalue weighted by Crippen LogP contribution is 2.17. The Morgan fingerprint density at radius 2 is 2.00 bits per heavy atom. The van der Waals surface area contributed by atoms with Gasteiger partial charge >= 0.3 is 0 Å². The standard InChI is InChI=1S/C18H21N3O2/c1-20-9-6-15(12-17(20)22)18(23)19-8-11-21-10-7-14-4-2-3-5-16(14)13-21/h2-6,9,12H,7-8,10-11,13H2,1H3,(H,19,23). The number of carbonyl (C=O) groups excluding carboxylic acids is 1. The Hall–Kier alpha value is -2.40. The third-order valence-electron chi connectivity index (χ3n) is 4.29. The average Bonchev–Trinajstić information content (AvgIpc) is 2.57. The fourth-order valence-electron chi connectivity index (χ4n) is 2.86. The number of pyridine rings is 1. The van der Waals surface area contributed by atoms with Gasteiger partial charge in [-0.1, -0.05) is 24.3 Å². The molecule has 1 aliphatic rings. The van der Waals surface area contributed by atoms with Crippen LogP contribution in [0.5, 0.6) is 0 Å². The van der Waals surface area contributed by atoms with E-state index in [0.717, 1.165) is 26.1 Å². The quantitative estimate of drug-likeness (QED) is 0.922. The summed E-state index contributed by atoms with van der Waals surface area (Å²) in [6.07, 6.45) is 2.66. The summed E-state index contributed by atoms with van der Waals surface area (Å²) in [4.78, 5) is 26.0. The summed E-state index contributed by atoms with van der Waals surface area (Å²) in [6, 6.07) is 11.5. The van der Waals surface area contributed by atoms with Gasteiger partial charge < -0.3 is 9.88 Å². The van der Waals surface area contributed by atoms with E-state index in [1.165, 1.54) is 21.8 Å². The first-order chi connectivity index (χ1) is 11.1. The molecule has 2 aromatic rings. The van der Waals surface area contributed by atoms with Gasteiger partial charge in [-0.25, -0.2) is 0 Å². The minimum Gasteiger partial charge on any atom is -0.351 e. The van der Waals surface area contributed by atoms with Gasteiger partial charge in [0.2, 0.25) is 0 Å². The summed E-state index contributed by atoms with van der Waals surface area (Å²) in [6.45, 7) is 3.33. The van der Waals surface area contributed by atoms with E-state index in [-0.39, 0.29) is 11.5 Å². The maximum Gasteiger partial charge on any atom is 0.251 e.